The van der Waals surface area contributed by atoms with Crippen LogP contribution in [0.5, 0.6) is 5.75 Å². The molecular formula is C26H22N4O5. The van der Waals surface area contributed by atoms with Gasteiger partial charge in [0.2, 0.25) is 5.78 Å². The number of rotatable bonds is 4. The largest absolute Gasteiger partial charge is 0.506 e. The van der Waals surface area contributed by atoms with E-state index < -0.39 is 22.8 Å². The molecule has 0 saturated heterocycles. The van der Waals surface area contributed by atoms with Gasteiger partial charge in [0.05, 0.1) is 28.0 Å². The van der Waals surface area contributed by atoms with E-state index in [9.17, 15) is 24.3 Å². The average molecular weight is 470 g/mol. The number of nitrogens with zero attached hydrogens (tertiary/aromatic N) is 2. The lowest BCUT2D eigenvalue weighted by atomic mass is 9.93. The first-order valence-electron chi connectivity index (χ1n) is 11.2. The molecular weight excluding hydrogens is 448 g/mol. The van der Waals surface area contributed by atoms with Crippen molar-refractivity contribution in [3.63, 3.8) is 0 Å². The Morgan fingerprint density at radius 2 is 1.63 bits per heavy atom. The van der Waals surface area contributed by atoms with E-state index in [4.69, 9.17) is 0 Å². The third-order valence-corrected chi connectivity index (χ3v) is 6.29. The van der Waals surface area contributed by atoms with E-state index in [1.807, 2.05) is 0 Å². The normalized spacial score (nSPS) is 14.7. The van der Waals surface area contributed by atoms with E-state index >= 15 is 0 Å². The fraction of sp³-hybridized carbons (Fsp3) is 0.154. The van der Waals surface area contributed by atoms with Gasteiger partial charge in [-0.25, -0.2) is 0 Å². The second kappa shape index (κ2) is 8.28. The van der Waals surface area contributed by atoms with E-state index in [1.54, 1.807) is 62.4 Å². The van der Waals surface area contributed by atoms with E-state index in [2.05, 4.69) is 10.2 Å². The average Bonchev–Trinajstić information content (AvgIpc) is 3.22. The minimum atomic E-state index is -0.634. The van der Waals surface area contributed by atoms with Gasteiger partial charge in [-0.05, 0) is 44.2 Å². The summed E-state index contributed by atoms with van der Waals surface area (Å²) in [5, 5.41) is 16.6. The highest BCUT2D eigenvalue weighted by Gasteiger charge is 2.34. The molecule has 176 valence electrons. The zero-order chi connectivity index (χ0) is 24.9. The first-order chi connectivity index (χ1) is 16.9. The minimum Gasteiger partial charge on any atom is -0.506 e. The van der Waals surface area contributed by atoms with Crippen LogP contribution in [0, 0.1) is 0 Å². The van der Waals surface area contributed by atoms with E-state index in [0.29, 0.717) is 35.2 Å². The van der Waals surface area contributed by atoms with Crippen LogP contribution in [0.1, 0.15) is 29.8 Å². The predicted molar refractivity (Wildman–Crippen MR) is 133 cm³/mol. The molecule has 1 amide bonds. The second-order valence-electron chi connectivity index (χ2n) is 8.11. The molecule has 0 unspecified atom stereocenters. The van der Waals surface area contributed by atoms with Gasteiger partial charge in [-0.1, -0.05) is 24.3 Å². The summed E-state index contributed by atoms with van der Waals surface area (Å²) in [7, 11) is 0. The fourth-order valence-electron chi connectivity index (χ4n) is 4.61. The van der Waals surface area contributed by atoms with Crippen molar-refractivity contribution in [3.8, 4) is 17.0 Å². The lowest BCUT2D eigenvalue weighted by Crippen LogP contribution is -2.39. The molecule has 2 aromatic heterocycles. The van der Waals surface area contributed by atoms with Crippen LogP contribution in [0.15, 0.2) is 63.7 Å². The molecule has 0 spiro atoms. The quantitative estimate of drug-likeness (QED) is 0.312. The number of aromatic hydroxyl groups is 1. The third kappa shape index (κ3) is 3.23. The summed E-state index contributed by atoms with van der Waals surface area (Å²) in [5.74, 6) is -1.36. The number of para-hydroxylation sites is 2. The summed E-state index contributed by atoms with van der Waals surface area (Å²) in [4.78, 5) is 54.1. The SMILES string of the molecule is CCN1C(=O)C(=Cc2c(-c3c(O)c4ccccc4n(CC)c3=O)[nH][nH]c2=O)C(=O)c2ccccc21. The minimum absolute atomic E-state index is 0.000426. The molecule has 0 atom stereocenters. The first-order valence-corrected chi connectivity index (χ1v) is 11.2. The van der Waals surface area contributed by atoms with Gasteiger partial charge in [0.1, 0.15) is 11.3 Å². The van der Waals surface area contributed by atoms with Crippen LogP contribution in [0.25, 0.3) is 28.2 Å². The van der Waals surface area contributed by atoms with Crippen molar-refractivity contribution >= 4 is 34.4 Å². The van der Waals surface area contributed by atoms with Crippen molar-refractivity contribution in [1.82, 2.24) is 14.8 Å². The maximum Gasteiger partial charge on any atom is 0.271 e. The Balaban J connectivity index is 1.77. The van der Waals surface area contributed by atoms with Gasteiger partial charge in [-0.2, -0.15) is 0 Å². The molecule has 0 fully saturated rings. The second-order valence-corrected chi connectivity index (χ2v) is 8.11. The molecule has 1 aliphatic rings. The van der Waals surface area contributed by atoms with Crippen LogP contribution in [0.3, 0.4) is 0 Å². The van der Waals surface area contributed by atoms with Crippen LogP contribution in [-0.4, -0.2) is 38.1 Å². The monoisotopic (exact) mass is 470 g/mol. The number of aromatic amines is 2. The van der Waals surface area contributed by atoms with Crippen LogP contribution in [-0.2, 0) is 11.3 Å². The van der Waals surface area contributed by atoms with Crippen LogP contribution >= 0.6 is 0 Å². The Morgan fingerprint density at radius 1 is 0.914 bits per heavy atom. The molecule has 0 bridgehead atoms. The van der Waals surface area contributed by atoms with Crippen LogP contribution < -0.4 is 16.0 Å². The number of benzene rings is 2. The van der Waals surface area contributed by atoms with Gasteiger partial charge in [0, 0.05) is 24.0 Å². The standard InChI is InChI=1S/C26H22N4O5/c1-3-29-18-11-7-5-9-14(18)22(31)17(25(29)34)13-16-21(27-28-24(16)33)20-23(32)15-10-6-8-12-19(15)30(4-2)26(20)35/h5-13,32H,3-4H2,1-2H3,(H2,27,28,33). The van der Waals surface area contributed by atoms with Gasteiger partial charge in [0.25, 0.3) is 17.0 Å². The summed E-state index contributed by atoms with van der Waals surface area (Å²) >= 11 is 0. The Hall–Kier alpha value is -4.66. The Morgan fingerprint density at radius 3 is 2.37 bits per heavy atom. The lowest BCUT2D eigenvalue weighted by Gasteiger charge is -2.28. The zero-order valence-electron chi connectivity index (χ0n) is 19.1. The molecule has 1 aliphatic heterocycles. The molecule has 0 saturated carbocycles. The number of fused-ring (bicyclic) bond motifs is 2. The van der Waals surface area contributed by atoms with Crippen molar-refractivity contribution in [3.05, 3.63) is 85.9 Å². The fourth-order valence-corrected chi connectivity index (χ4v) is 4.61. The van der Waals surface area contributed by atoms with Crippen molar-refractivity contribution in [2.24, 2.45) is 0 Å². The number of carbonyl (C=O) groups excluding carboxylic acids is 2. The molecule has 4 aromatic rings. The van der Waals surface area contributed by atoms with E-state index in [-0.39, 0.29) is 28.1 Å². The molecule has 3 N–H and O–H groups in total. The molecule has 9 heteroatoms. The topological polar surface area (TPSA) is 128 Å². The number of aromatic nitrogens is 3. The molecule has 0 radical (unpaired) electrons. The highest BCUT2D eigenvalue weighted by atomic mass is 16.3. The number of anilines is 1. The van der Waals surface area contributed by atoms with Gasteiger partial charge in [-0.3, -0.25) is 29.4 Å². The smallest absolute Gasteiger partial charge is 0.271 e. The third-order valence-electron chi connectivity index (χ3n) is 6.29. The number of likely N-dealkylation sites (N-methyl/N-ethyl adjacent to an activating group) is 1. The molecule has 9 nitrogen and oxygen atoms in total. The summed E-state index contributed by atoms with van der Waals surface area (Å²) in [6.45, 7) is 4.24. The lowest BCUT2D eigenvalue weighted by molar-refractivity contribution is -0.114. The van der Waals surface area contributed by atoms with Gasteiger partial charge in [-0.15, -0.1) is 0 Å². The van der Waals surface area contributed by atoms with Crippen molar-refractivity contribution in [2.75, 3.05) is 11.4 Å². The Labute approximate surface area is 198 Å². The molecule has 5 rings (SSSR count). The number of pyridine rings is 1. The number of amides is 1. The van der Waals surface area contributed by atoms with E-state index in [1.165, 1.54) is 15.5 Å². The summed E-state index contributed by atoms with van der Waals surface area (Å²) in [5.41, 5.74) is -0.175. The maximum absolute atomic E-state index is 13.4. The number of hydrogen-bond acceptors (Lipinski definition) is 5. The van der Waals surface area contributed by atoms with Gasteiger partial charge in [0.15, 0.2) is 0 Å². The number of nitrogens with one attached hydrogen (secondary N) is 2. The molecule has 3 heterocycles. The molecule has 35 heavy (non-hydrogen) atoms. The summed E-state index contributed by atoms with van der Waals surface area (Å²) in [6.07, 6.45) is 1.19. The van der Waals surface area contributed by atoms with Crippen LogP contribution in [0.2, 0.25) is 0 Å². The molecule has 0 aliphatic carbocycles. The Kier molecular flexibility index (Phi) is 5.24. The maximum atomic E-state index is 13.4. The van der Waals surface area contributed by atoms with E-state index in [0.717, 1.165) is 0 Å². The number of H-pyrrole nitrogens is 2. The molecule has 2 aromatic carbocycles. The highest BCUT2D eigenvalue weighted by molar-refractivity contribution is 6.36. The number of hydrogen-bond donors (Lipinski definition) is 3. The van der Waals surface area contributed by atoms with Crippen LogP contribution in [0.4, 0.5) is 5.69 Å². The van der Waals surface area contributed by atoms with Gasteiger partial charge >= 0.3 is 0 Å². The number of carbonyl (C=O) groups is 2. The van der Waals surface area contributed by atoms with Gasteiger partial charge < -0.3 is 14.6 Å². The number of Topliss-reactive ketones (excluding diaryl/α,β-unsaturated/α-hetero) is 1. The highest BCUT2D eigenvalue weighted by Crippen LogP contribution is 2.35. The van der Waals surface area contributed by atoms with Crippen molar-refractivity contribution in [1.29, 1.82) is 0 Å². The Bertz CT molecular complexity index is 1670. The first kappa shape index (κ1) is 22.1. The summed E-state index contributed by atoms with van der Waals surface area (Å²) in [6, 6.07) is 13.7. The zero-order valence-corrected chi connectivity index (χ0v) is 19.1. The van der Waals surface area contributed by atoms with Crippen molar-refractivity contribution < 1.29 is 14.7 Å². The number of aryl methyl sites for hydroxylation is 1. The summed E-state index contributed by atoms with van der Waals surface area (Å²) < 4.78 is 1.48. The number of ketones is 1. The predicted octanol–water partition coefficient (Wildman–Crippen LogP) is 3.04. The van der Waals surface area contributed by atoms with Crippen molar-refractivity contribution in [2.45, 2.75) is 20.4 Å².